The van der Waals surface area contributed by atoms with Crippen LogP contribution in [0.5, 0.6) is 0 Å². The largest absolute Gasteiger partial charge is 0.398 e. The van der Waals surface area contributed by atoms with Gasteiger partial charge in [0.25, 0.3) is 0 Å². The predicted octanol–water partition coefficient (Wildman–Crippen LogP) is 4.37. The number of carbonyl (C=O) groups is 1. The third-order valence-electron chi connectivity index (χ3n) is 3.41. The Labute approximate surface area is 137 Å². The van der Waals surface area contributed by atoms with Gasteiger partial charge >= 0.3 is 0 Å². The number of hydrogen-bond donors (Lipinski definition) is 2. The van der Waals surface area contributed by atoms with E-state index < -0.39 is 0 Å². The number of halogens is 1. The molecule has 0 spiro atoms. The van der Waals surface area contributed by atoms with Crippen LogP contribution in [-0.4, -0.2) is 11.8 Å². The first-order valence-electron chi connectivity index (χ1n) is 7.10. The molecule has 0 heterocycles. The highest BCUT2D eigenvalue weighted by atomic mass is 35.5. The topological polar surface area (TPSA) is 55.1 Å². The van der Waals surface area contributed by atoms with Crippen molar-refractivity contribution >= 4 is 28.9 Å². The van der Waals surface area contributed by atoms with Gasteiger partial charge in [-0.15, -0.1) is 11.6 Å². The summed E-state index contributed by atoms with van der Waals surface area (Å²) >= 11 is 5.39. The van der Waals surface area contributed by atoms with Crippen LogP contribution in [0.3, 0.4) is 0 Å². The molecule has 22 heavy (non-hydrogen) atoms. The maximum atomic E-state index is 11.0. The fraction of sp³-hybridized carbons (Fsp3) is 0.278. The zero-order chi connectivity index (χ0) is 16.7. The fourth-order valence-electron chi connectivity index (χ4n) is 2.01. The third kappa shape index (κ3) is 5.08. The molecule has 0 unspecified atom stereocenters. The summed E-state index contributed by atoms with van der Waals surface area (Å²) in [4.78, 5) is 11.0. The number of rotatable bonds is 2. The van der Waals surface area contributed by atoms with E-state index in [0.29, 0.717) is 0 Å². The number of benzene rings is 2. The summed E-state index contributed by atoms with van der Waals surface area (Å²) in [5, 5.41) is 2.76. The first-order valence-corrected chi connectivity index (χ1v) is 7.64. The molecule has 0 fully saturated rings. The van der Waals surface area contributed by atoms with Gasteiger partial charge in [0.05, 0.1) is 0 Å². The molecule has 3 N–H and O–H groups in total. The van der Waals surface area contributed by atoms with Gasteiger partial charge < -0.3 is 11.1 Å². The molecular weight excluding hydrogens is 296 g/mol. The van der Waals surface area contributed by atoms with Crippen LogP contribution in [0.4, 0.5) is 11.4 Å². The molecule has 0 aromatic heterocycles. The molecule has 0 saturated heterocycles. The molecule has 2 aromatic carbocycles. The standard InChI is InChI=1S/C10H12ClNO.C8H11N/c1-7-4-3-5-8(2)10(7)12-9(13)6-11;1-6-4-3-5-7(2)8(6)9/h3-5H,6H2,1-2H3,(H,12,13);3-5H,9H2,1-2H3. The van der Waals surface area contributed by atoms with Crippen molar-refractivity contribution in [2.45, 2.75) is 27.7 Å². The van der Waals surface area contributed by atoms with E-state index in [1.54, 1.807) is 0 Å². The first kappa shape index (κ1) is 18.1. The smallest absolute Gasteiger partial charge is 0.239 e. The van der Waals surface area contributed by atoms with Gasteiger partial charge in [-0.3, -0.25) is 4.79 Å². The van der Waals surface area contributed by atoms with Gasteiger partial charge in [-0.2, -0.15) is 0 Å². The van der Waals surface area contributed by atoms with Crippen LogP contribution in [-0.2, 0) is 4.79 Å². The van der Waals surface area contributed by atoms with E-state index in [9.17, 15) is 4.79 Å². The minimum absolute atomic E-state index is 0.00618. The number of hydrogen-bond acceptors (Lipinski definition) is 2. The molecule has 2 aromatic rings. The van der Waals surface area contributed by atoms with Gasteiger partial charge in [0, 0.05) is 11.4 Å². The minimum Gasteiger partial charge on any atom is -0.398 e. The van der Waals surface area contributed by atoms with Crippen molar-refractivity contribution in [1.29, 1.82) is 0 Å². The molecule has 4 heteroatoms. The van der Waals surface area contributed by atoms with E-state index in [4.69, 9.17) is 17.3 Å². The van der Waals surface area contributed by atoms with Crippen molar-refractivity contribution in [1.82, 2.24) is 0 Å². The molecule has 1 amide bonds. The molecule has 118 valence electrons. The lowest BCUT2D eigenvalue weighted by molar-refractivity contribution is -0.113. The third-order valence-corrected chi connectivity index (χ3v) is 3.65. The molecular formula is C18H23ClN2O. The van der Waals surface area contributed by atoms with E-state index in [2.05, 4.69) is 5.32 Å². The lowest BCUT2D eigenvalue weighted by atomic mass is 10.1. The SMILES string of the molecule is Cc1cccc(C)c1N.Cc1cccc(C)c1NC(=O)CCl. The first-order chi connectivity index (χ1) is 10.4. The zero-order valence-electron chi connectivity index (χ0n) is 13.5. The summed E-state index contributed by atoms with van der Waals surface area (Å²) in [6, 6.07) is 11.9. The van der Waals surface area contributed by atoms with Crippen molar-refractivity contribution in [3.05, 3.63) is 58.7 Å². The lowest BCUT2D eigenvalue weighted by Crippen LogP contribution is -2.14. The number of anilines is 2. The summed E-state index contributed by atoms with van der Waals surface area (Å²) in [7, 11) is 0. The van der Waals surface area contributed by atoms with E-state index in [-0.39, 0.29) is 11.8 Å². The molecule has 0 bridgehead atoms. The number of aryl methyl sites for hydroxylation is 4. The van der Waals surface area contributed by atoms with Crippen LogP contribution in [0.2, 0.25) is 0 Å². The molecule has 0 saturated carbocycles. The zero-order valence-corrected chi connectivity index (χ0v) is 14.3. The highest BCUT2D eigenvalue weighted by molar-refractivity contribution is 6.29. The Balaban J connectivity index is 0.000000235. The monoisotopic (exact) mass is 318 g/mol. The van der Waals surface area contributed by atoms with Gasteiger partial charge in [0.2, 0.25) is 5.91 Å². The number of nitrogens with one attached hydrogen (secondary N) is 1. The van der Waals surface area contributed by atoms with Gasteiger partial charge in [-0.1, -0.05) is 36.4 Å². The van der Waals surface area contributed by atoms with Crippen molar-refractivity contribution in [2.75, 3.05) is 16.9 Å². The summed E-state index contributed by atoms with van der Waals surface area (Å²) in [5.74, 6) is -0.174. The quantitative estimate of drug-likeness (QED) is 0.638. The number of alkyl halides is 1. The Bertz CT molecular complexity index is 613. The average molecular weight is 319 g/mol. The van der Waals surface area contributed by atoms with Crippen molar-refractivity contribution in [3.63, 3.8) is 0 Å². The van der Waals surface area contributed by atoms with Crippen LogP contribution in [0, 0.1) is 27.7 Å². The number of carbonyl (C=O) groups excluding carboxylic acids is 1. The van der Waals surface area contributed by atoms with Gasteiger partial charge in [-0.05, 0) is 49.9 Å². The molecule has 0 aliphatic carbocycles. The molecule has 2 rings (SSSR count). The molecule has 3 nitrogen and oxygen atoms in total. The van der Waals surface area contributed by atoms with Crippen LogP contribution in [0.15, 0.2) is 36.4 Å². The van der Waals surface area contributed by atoms with Gasteiger partial charge in [0.15, 0.2) is 0 Å². The second-order valence-electron chi connectivity index (χ2n) is 5.25. The Kier molecular flexibility index (Phi) is 6.93. The number of amides is 1. The maximum Gasteiger partial charge on any atom is 0.239 e. The Morgan fingerprint density at radius 3 is 1.73 bits per heavy atom. The second-order valence-corrected chi connectivity index (χ2v) is 5.52. The fourth-order valence-corrected chi connectivity index (χ4v) is 2.08. The molecule has 0 atom stereocenters. The number of nitrogen functional groups attached to an aromatic ring is 1. The van der Waals surface area contributed by atoms with Crippen LogP contribution in [0.25, 0.3) is 0 Å². The molecule has 0 radical (unpaired) electrons. The van der Waals surface area contributed by atoms with E-state index >= 15 is 0 Å². The summed E-state index contributed by atoms with van der Waals surface area (Å²) < 4.78 is 0. The summed E-state index contributed by atoms with van der Waals surface area (Å²) in [5.41, 5.74) is 11.9. The van der Waals surface area contributed by atoms with Gasteiger partial charge in [-0.25, -0.2) is 0 Å². The Morgan fingerprint density at radius 1 is 0.955 bits per heavy atom. The minimum atomic E-state index is -0.168. The van der Waals surface area contributed by atoms with E-state index in [1.165, 1.54) is 0 Å². The van der Waals surface area contributed by atoms with Gasteiger partial charge in [0.1, 0.15) is 5.88 Å². The van der Waals surface area contributed by atoms with Crippen LogP contribution in [0.1, 0.15) is 22.3 Å². The molecule has 0 aliphatic heterocycles. The molecule has 0 aliphatic rings. The Morgan fingerprint density at radius 2 is 1.36 bits per heavy atom. The number of nitrogens with two attached hydrogens (primary N) is 1. The van der Waals surface area contributed by atoms with Crippen molar-refractivity contribution in [3.8, 4) is 0 Å². The van der Waals surface area contributed by atoms with Crippen molar-refractivity contribution in [2.24, 2.45) is 0 Å². The average Bonchev–Trinajstić information content (AvgIpc) is 2.49. The van der Waals surface area contributed by atoms with Crippen molar-refractivity contribution < 1.29 is 4.79 Å². The van der Waals surface area contributed by atoms with Crippen LogP contribution >= 0.6 is 11.6 Å². The summed E-state index contributed by atoms with van der Waals surface area (Å²) in [6.07, 6.45) is 0. The number of para-hydroxylation sites is 2. The maximum absolute atomic E-state index is 11.0. The lowest BCUT2D eigenvalue weighted by Gasteiger charge is -2.09. The van der Waals surface area contributed by atoms with E-state index in [0.717, 1.165) is 33.6 Å². The highest BCUT2D eigenvalue weighted by Crippen LogP contribution is 2.19. The Hall–Kier alpha value is -2.00. The van der Waals surface area contributed by atoms with Crippen LogP contribution < -0.4 is 11.1 Å². The summed E-state index contributed by atoms with van der Waals surface area (Å²) in [6.45, 7) is 7.94. The normalized spacial score (nSPS) is 9.68. The van der Waals surface area contributed by atoms with E-state index in [1.807, 2.05) is 64.1 Å². The second kappa shape index (κ2) is 8.44. The highest BCUT2D eigenvalue weighted by Gasteiger charge is 2.04. The predicted molar refractivity (Wildman–Crippen MR) is 95.6 cm³/mol.